The van der Waals surface area contributed by atoms with Crippen molar-refractivity contribution in [1.29, 1.82) is 0 Å². The number of aromatic hydroxyl groups is 2. The van der Waals surface area contributed by atoms with Crippen LogP contribution in [0.5, 0.6) is 34.5 Å². The van der Waals surface area contributed by atoms with Gasteiger partial charge in [-0.1, -0.05) is 0 Å². The van der Waals surface area contributed by atoms with E-state index in [1.54, 1.807) is 24.3 Å². The Morgan fingerprint density at radius 2 is 0.973 bits per heavy atom. The van der Waals surface area contributed by atoms with Crippen LogP contribution in [0.2, 0.25) is 0 Å². The minimum Gasteiger partial charge on any atom is -0.502 e. The van der Waals surface area contributed by atoms with E-state index in [0.29, 0.717) is 11.1 Å². The Balaban J connectivity index is 2.16. The number of rotatable bonds is 10. The second-order valence-corrected chi connectivity index (χ2v) is 8.46. The van der Waals surface area contributed by atoms with Crippen molar-refractivity contribution < 1.29 is 53.0 Å². The number of ether oxygens (including phenoxy) is 7. The van der Waals surface area contributed by atoms with Gasteiger partial charge in [-0.25, -0.2) is 0 Å². The van der Waals surface area contributed by atoms with E-state index in [2.05, 4.69) is 0 Å². The molecule has 1 saturated heterocycles. The van der Waals surface area contributed by atoms with Crippen molar-refractivity contribution in [2.24, 2.45) is 11.8 Å². The minimum atomic E-state index is -0.695. The number of hydrogen-bond acceptors (Lipinski definition) is 11. The van der Waals surface area contributed by atoms with Gasteiger partial charge in [-0.05, 0) is 35.4 Å². The Bertz CT molecular complexity index is 992. The largest absolute Gasteiger partial charge is 0.502 e. The van der Waals surface area contributed by atoms with Crippen LogP contribution in [0, 0.1) is 11.8 Å². The summed E-state index contributed by atoms with van der Waals surface area (Å²) in [6, 6.07) is 6.41. The van der Waals surface area contributed by atoms with E-state index in [1.807, 2.05) is 0 Å². The molecular weight excluding hydrogens is 488 g/mol. The number of phenols is 2. The maximum atomic E-state index is 11.7. The Hall–Kier alpha value is -3.86. The van der Waals surface area contributed by atoms with Gasteiger partial charge in [-0.2, -0.15) is 0 Å². The van der Waals surface area contributed by atoms with Crippen molar-refractivity contribution in [3.05, 3.63) is 35.4 Å². The summed E-state index contributed by atoms with van der Waals surface area (Å²) in [5, 5.41) is 20.8. The first kappa shape index (κ1) is 27.7. The first-order valence-electron chi connectivity index (χ1n) is 11.5. The zero-order valence-corrected chi connectivity index (χ0v) is 21.6. The molecule has 0 spiro atoms. The molecule has 0 aliphatic carbocycles. The van der Waals surface area contributed by atoms with Gasteiger partial charge >= 0.3 is 11.9 Å². The van der Waals surface area contributed by atoms with Gasteiger partial charge in [-0.15, -0.1) is 0 Å². The number of benzene rings is 2. The Labute approximate surface area is 214 Å². The maximum Gasteiger partial charge on any atom is 0.302 e. The molecule has 0 bridgehead atoms. The van der Waals surface area contributed by atoms with Crippen LogP contribution in [-0.4, -0.2) is 63.8 Å². The van der Waals surface area contributed by atoms with E-state index in [1.165, 1.54) is 42.3 Å². The molecular formula is C26H32O11. The number of methoxy groups -OCH3 is 4. The van der Waals surface area contributed by atoms with Crippen molar-refractivity contribution in [2.75, 3.05) is 41.7 Å². The average molecular weight is 521 g/mol. The number of esters is 2. The topological polar surface area (TPSA) is 139 Å². The lowest BCUT2D eigenvalue weighted by molar-refractivity contribution is -0.146. The van der Waals surface area contributed by atoms with Crippen molar-refractivity contribution in [1.82, 2.24) is 0 Å². The molecule has 11 heteroatoms. The lowest BCUT2D eigenvalue weighted by Crippen LogP contribution is -2.27. The normalized spacial score (nSPS) is 20.7. The van der Waals surface area contributed by atoms with Crippen LogP contribution >= 0.6 is 0 Å². The molecule has 1 heterocycles. The highest BCUT2D eigenvalue weighted by molar-refractivity contribution is 5.66. The van der Waals surface area contributed by atoms with E-state index in [4.69, 9.17) is 33.2 Å². The summed E-state index contributed by atoms with van der Waals surface area (Å²) < 4.78 is 38.5. The average Bonchev–Trinajstić information content (AvgIpc) is 3.24. The van der Waals surface area contributed by atoms with E-state index in [0.717, 1.165) is 0 Å². The molecule has 2 N–H and O–H groups in total. The molecule has 3 rings (SSSR count). The van der Waals surface area contributed by atoms with Crippen LogP contribution in [0.15, 0.2) is 24.3 Å². The monoisotopic (exact) mass is 520 g/mol. The molecule has 0 amide bonds. The second-order valence-electron chi connectivity index (χ2n) is 8.46. The van der Waals surface area contributed by atoms with Gasteiger partial charge in [0.15, 0.2) is 23.0 Å². The first-order chi connectivity index (χ1) is 17.6. The Kier molecular flexibility index (Phi) is 8.93. The molecule has 202 valence electrons. The van der Waals surface area contributed by atoms with E-state index < -0.39 is 36.0 Å². The summed E-state index contributed by atoms with van der Waals surface area (Å²) in [5.74, 6) is -1.64. The van der Waals surface area contributed by atoms with Gasteiger partial charge in [0.25, 0.3) is 0 Å². The molecule has 2 aromatic rings. The Morgan fingerprint density at radius 3 is 1.22 bits per heavy atom. The molecule has 2 aromatic carbocycles. The highest BCUT2D eigenvalue weighted by Gasteiger charge is 2.47. The van der Waals surface area contributed by atoms with Gasteiger partial charge in [0, 0.05) is 25.7 Å². The predicted octanol–water partition coefficient (Wildman–Crippen LogP) is 3.30. The van der Waals surface area contributed by atoms with Gasteiger partial charge in [-0.3, -0.25) is 9.59 Å². The molecule has 1 aliphatic heterocycles. The summed E-state index contributed by atoms with van der Waals surface area (Å²) in [4.78, 5) is 23.5. The molecule has 4 unspecified atom stereocenters. The van der Waals surface area contributed by atoms with Gasteiger partial charge < -0.3 is 43.4 Å². The zero-order valence-electron chi connectivity index (χ0n) is 21.6. The third kappa shape index (κ3) is 5.93. The third-order valence-corrected chi connectivity index (χ3v) is 6.24. The van der Waals surface area contributed by atoms with E-state index >= 15 is 0 Å². The molecule has 0 aromatic heterocycles. The second kappa shape index (κ2) is 11.9. The maximum absolute atomic E-state index is 11.7. The first-order valence-corrected chi connectivity index (χ1v) is 11.5. The van der Waals surface area contributed by atoms with Crippen LogP contribution in [0.25, 0.3) is 0 Å². The van der Waals surface area contributed by atoms with Crippen LogP contribution in [-0.2, 0) is 23.8 Å². The van der Waals surface area contributed by atoms with Crippen LogP contribution in [0.4, 0.5) is 0 Å². The van der Waals surface area contributed by atoms with Crippen LogP contribution in [0.3, 0.4) is 0 Å². The van der Waals surface area contributed by atoms with Crippen LogP contribution in [0.1, 0.15) is 37.2 Å². The smallest absolute Gasteiger partial charge is 0.302 e. The fraction of sp³-hybridized carbons (Fsp3) is 0.462. The fourth-order valence-corrected chi connectivity index (χ4v) is 4.47. The standard InChI is InChI=1S/C26H32O11/c1-13(27)35-11-17-18(12-36-14(2)28)26(16-9-21(33-5)24(30)22(10-16)34-6)37-25(17)15-7-19(31-3)23(29)20(8-15)32-4/h7-10,17-18,25-26,29-30H,11-12H2,1-6H3. The molecule has 1 fully saturated rings. The summed E-state index contributed by atoms with van der Waals surface area (Å²) in [6.07, 6.45) is -1.39. The van der Waals surface area contributed by atoms with Crippen molar-refractivity contribution >= 4 is 11.9 Å². The van der Waals surface area contributed by atoms with Crippen molar-refractivity contribution in [2.45, 2.75) is 26.1 Å². The minimum absolute atomic E-state index is 0.0414. The highest BCUT2D eigenvalue weighted by atomic mass is 16.6. The Morgan fingerprint density at radius 1 is 0.676 bits per heavy atom. The molecule has 4 atom stereocenters. The summed E-state index contributed by atoms with van der Waals surface area (Å²) in [5.41, 5.74) is 1.16. The number of hydrogen-bond donors (Lipinski definition) is 2. The fourth-order valence-electron chi connectivity index (χ4n) is 4.47. The highest BCUT2D eigenvalue weighted by Crippen LogP contribution is 2.53. The third-order valence-electron chi connectivity index (χ3n) is 6.24. The van der Waals surface area contributed by atoms with Gasteiger partial charge in [0.05, 0.1) is 53.9 Å². The summed E-state index contributed by atoms with van der Waals surface area (Å²) in [6.45, 7) is 2.51. The molecule has 37 heavy (non-hydrogen) atoms. The number of carbonyl (C=O) groups excluding carboxylic acids is 2. The van der Waals surface area contributed by atoms with Gasteiger partial charge in [0.1, 0.15) is 0 Å². The lowest BCUT2D eigenvalue weighted by Gasteiger charge is -2.24. The van der Waals surface area contributed by atoms with E-state index in [9.17, 15) is 19.8 Å². The van der Waals surface area contributed by atoms with Gasteiger partial charge in [0.2, 0.25) is 11.5 Å². The van der Waals surface area contributed by atoms with E-state index in [-0.39, 0.29) is 47.7 Å². The lowest BCUT2D eigenvalue weighted by atomic mass is 9.83. The van der Waals surface area contributed by atoms with Crippen molar-refractivity contribution in [3.8, 4) is 34.5 Å². The van der Waals surface area contributed by atoms with Crippen molar-refractivity contribution in [3.63, 3.8) is 0 Å². The zero-order chi connectivity index (χ0) is 27.3. The summed E-state index contributed by atoms with van der Waals surface area (Å²) >= 11 is 0. The number of carbonyl (C=O) groups is 2. The predicted molar refractivity (Wildman–Crippen MR) is 129 cm³/mol. The molecule has 11 nitrogen and oxygen atoms in total. The molecule has 0 radical (unpaired) electrons. The quantitative estimate of drug-likeness (QED) is 0.446. The van der Waals surface area contributed by atoms with Crippen LogP contribution < -0.4 is 18.9 Å². The molecule has 0 saturated carbocycles. The molecule has 1 aliphatic rings. The SMILES string of the molecule is COc1cc(C2OC(c3cc(OC)c(O)c(OC)c3)C(COC(C)=O)C2COC(C)=O)cc(OC)c1O. The number of phenolic OH excluding ortho intramolecular Hbond substituents is 2. The summed E-state index contributed by atoms with van der Waals surface area (Å²) in [7, 11) is 5.63.